The van der Waals surface area contributed by atoms with E-state index in [2.05, 4.69) is 0 Å². The number of rotatable bonds is 3. The van der Waals surface area contributed by atoms with E-state index in [0.29, 0.717) is 22.9 Å². The van der Waals surface area contributed by atoms with Gasteiger partial charge in [-0.05, 0) is 35.4 Å². The number of ether oxygens (including phenoxy) is 1. The Morgan fingerprint density at radius 2 is 1.70 bits per heavy atom. The van der Waals surface area contributed by atoms with Crippen molar-refractivity contribution < 1.29 is 22.3 Å². The zero-order valence-electron chi connectivity index (χ0n) is 17.2. The van der Waals surface area contributed by atoms with Crippen molar-refractivity contribution >= 4 is 22.6 Å². The van der Waals surface area contributed by atoms with Gasteiger partial charge in [-0.15, -0.1) is 0 Å². The molecule has 0 aliphatic carbocycles. The van der Waals surface area contributed by atoms with Gasteiger partial charge < -0.3 is 9.15 Å². The van der Waals surface area contributed by atoms with Gasteiger partial charge in [0.2, 0.25) is 11.2 Å². The minimum absolute atomic E-state index is 0.0665. The third kappa shape index (κ3) is 4.10. The van der Waals surface area contributed by atoms with Crippen LogP contribution in [0.5, 0.6) is 5.75 Å². The van der Waals surface area contributed by atoms with Crippen LogP contribution in [-0.4, -0.2) is 11.6 Å². The van der Waals surface area contributed by atoms with Crippen LogP contribution >= 0.6 is 11.6 Å². The summed E-state index contributed by atoms with van der Waals surface area (Å²) in [7, 11) is 0. The van der Waals surface area contributed by atoms with Gasteiger partial charge in [-0.25, -0.2) is 0 Å². The molecule has 168 valence electrons. The van der Waals surface area contributed by atoms with Gasteiger partial charge in [-0.3, -0.25) is 9.69 Å². The molecule has 4 nitrogen and oxygen atoms in total. The van der Waals surface area contributed by atoms with E-state index in [1.54, 1.807) is 6.07 Å². The lowest BCUT2D eigenvalue weighted by Crippen LogP contribution is -2.32. The molecule has 8 heteroatoms. The van der Waals surface area contributed by atoms with Crippen LogP contribution in [0.1, 0.15) is 16.9 Å². The van der Waals surface area contributed by atoms with Crippen molar-refractivity contribution in [2.24, 2.45) is 0 Å². The van der Waals surface area contributed by atoms with Crippen molar-refractivity contribution in [1.29, 1.82) is 0 Å². The van der Waals surface area contributed by atoms with Crippen LogP contribution < -0.4 is 10.2 Å². The van der Waals surface area contributed by atoms with Gasteiger partial charge in [-0.1, -0.05) is 54.1 Å². The summed E-state index contributed by atoms with van der Waals surface area (Å²) in [6.07, 6.45) is -4.87. The van der Waals surface area contributed by atoms with Crippen LogP contribution in [0.4, 0.5) is 13.2 Å². The van der Waals surface area contributed by atoms with Crippen molar-refractivity contribution in [3.05, 3.63) is 98.9 Å². The number of hydrogen-bond acceptors (Lipinski definition) is 4. The molecule has 1 aromatic heterocycles. The first-order valence-electron chi connectivity index (χ1n) is 10.2. The fourth-order valence-corrected chi connectivity index (χ4v) is 4.16. The fraction of sp³-hybridized carbons (Fsp3) is 0.160. The van der Waals surface area contributed by atoms with Gasteiger partial charge in [0.15, 0.2) is 0 Å². The largest absolute Gasteiger partial charge is 0.478 e. The van der Waals surface area contributed by atoms with E-state index >= 15 is 0 Å². The Morgan fingerprint density at radius 3 is 2.39 bits per heavy atom. The van der Waals surface area contributed by atoms with Gasteiger partial charge in [0.1, 0.15) is 18.1 Å². The predicted molar refractivity (Wildman–Crippen MR) is 119 cm³/mol. The summed E-state index contributed by atoms with van der Waals surface area (Å²) in [4.78, 5) is 15.2. The smallest absolute Gasteiger partial charge is 0.450 e. The molecule has 0 saturated heterocycles. The van der Waals surface area contributed by atoms with Gasteiger partial charge in [0.05, 0.1) is 16.5 Å². The lowest BCUT2D eigenvalue weighted by Gasteiger charge is -2.29. The molecule has 1 aliphatic heterocycles. The lowest BCUT2D eigenvalue weighted by atomic mass is 10.00. The summed E-state index contributed by atoms with van der Waals surface area (Å²) in [5.41, 5.74) is 0.132. The molecule has 0 spiro atoms. The molecule has 0 N–H and O–H groups in total. The number of benzene rings is 3. The van der Waals surface area contributed by atoms with Crippen molar-refractivity contribution in [2.45, 2.75) is 19.3 Å². The number of nitrogens with zero attached hydrogens (tertiary/aromatic N) is 1. The van der Waals surface area contributed by atoms with Crippen LogP contribution in [0.2, 0.25) is 5.02 Å². The second-order valence-corrected chi connectivity index (χ2v) is 8.24. The standard InChI is InChI=1S/C25H17ClF3NO3/c26-17-8-6-16(7-9-17)21-22(31)18-10-11-20-19(23(18)33-24(21)25(27,28)29)13-30(14-32-20)12-15-4-2-1-3-5-15/h1-11H,12-14H2. The van der Waals surface area contributed by atoms with E-state index in [1.165, 1.54) is 30.3 Å². The van der Waals surface area contributed by atoms with Gasteiger partial charge in [-0.2, -0.15) is 13.2 Å². The highest BCUT2D eigenvalue weighted by molar-refractivity contribution is 6.30. The Balaban J connectivity index is 1.66. The summed E-state index contributed by atoms with van der Waals surface area (Å²) in [6, 6.07) is 18.3. The lowest BCUT2D eigenvalue weighted by molar-refractivity contribution is -0.152. The molecular formula is C25H17ClF3NO3. The van der Waals surface area contributed by atoms with Crippen LogP contribution in [0.25, 0.3) is 22.1 Å². The van der Waals surface area contributed by atoms with Crippen LogP contribution in [0.15, 0.2) is 75.9 Å². The SMILES string of the molecule is O=c1c(-c2ccc(Cl)cc2)c(C(F)(F)F)oc2c3c(ccc12)OCN(Cc1ccccc1)C3. The highest BCUT2D eigenvalue weighted by Crippen LogP contribution is 2.40. The van der Waals surface area contributed by atoms with E-state index in [0.717, 1.165) is 5.56 Å². The van der Waals surface area contributed by atoms with E-state index in [4.69, 9.17) is 20.8 Å². The minimum Gasteiger partial charge on any atom is -0.478 e. The highest BCUT2D eigenvalue weighted by Gasteiger charge is 2.40. The molecule has 33 heavy (non-hydrogen) atoms. The highest BCUT2D eigenvalue weighted by atomic mass is 35.5. The average molecular weight is 472 g/mol. The predicted octanol–water partition coefficient (Wildman–Crippen LogP) is 6.48. The maximum absolute atomic E-state index is 14.0. The molecular weight excluding hydrogens is 455 g/mol. The van der Waals surface area contributed by atoms with Crippen molar-refractivity contribution in [1.82, 2.24) is 4.90 Å². The summed E-state index contributed by atoms with van der Waals surface area (Å²) in [5, 5.41) is 0.416. The third-order valence-corrected chi connectivity index (χ3v) is 5.80. The Hall–Kier alpha value is -3.29. The molecule has 0 fully saturated rings. The molecule has 5 rings (SSSR count). The molecule has 0 unspecified atom stereocenters. The second-order valence-electron chi connectivity index (χ2n) is 7.80. The average Bonchev–Trinajstić information content (AvgIpc) is 2.79. The number of alkyl halides is 3. The summed E-state index contributed by atoms with van der Waals surface area (Å²) in [5.74, 6) is -0.932. The first kappa shape index (κ1) is 21.6. The van der Waals surface area contributed by atoms with E-state index in [-0.39, 0.29) is 29.8 Å². The summed E-state index contributed by atoms with van der Waals surface area (Å²) < 4.78 is 53.3. The van der Waals surface area contributed by atoms with E-state index in [1.807, 2.05) is 35.2 Å². The van der Waals surface area contributed by atoms with Gasteiger partial charge in [0.25, 0.3) is 0 Å². The Labute approximate surface area is 191 Å². The van der Waals surface area contributed by atoms with Crippen molar-refractivity contribution in [2.75, 3.05) is 6.73 Å². The zero-order valence-corrected chi connectivity index (χ0v) is 17.9. The number of fused-ring (bicyclic) bond motifs is 3. The molecule has 4 aromatic rings. The monoisotopic (exact) mass is 471 g/mol. The fourth-order valence-electron chi connectivity index (χ4n) is 4.03. The van der Waals surface area contributed by atoms with Crippen molar-refractivity contribution in [3.63, 3.8) is 0 Å². The Morgan fingerprint density at radius 1 is 0.970 bits per heavy atom. The van der Waals surface area contributed by atoms with E-state index in [9.17, 15) is 18.0 Å². The number of halogens is 4. The zero-order chi connectivity index (χ0) is 23.2. The maximum atomic E-state index is 14.0. The first-order chi connectivity index (χ1) is 15.8. The molecule has 3 aromatic carbocycles. The molecule has 0 radical (unpaired) electrons. The minimum atomic E-state index is -4.87. The molecule has 0 saturated carbocycles. The molecule has 2 heterocycles. The summed E-state index contributed by atoms with van der Waals surface area (Å²) in [6.45, 7) is 1.09. The Kier molecular flexibility index (Phi) is 5.38. The quantitative estimate of drug-likeness (QED) is 0.343. The van der Waals surface area contributed by atoms with Crippen molar-refractivity contribution in [3.8, 4) is 16.9 Å². The molecule has 1 aliphatic rings. The third-order valence-electron chi connectivity index (χ3n) is 5.54. The molecule has 0 atom stereocenters. The van der Waals surface area contributed by atoms with Gasteiger partial charge >= 0.3 is 6.18 Å². The van der Waals surface area contributed by atoms with Gasteiger partial charge in [0, 0.05) is 18.1 Å². The molecule has 0 bridgehead atoms. The number of hydrogen-bond donors (Lipinski definition) is 0. The summed E-state index contributed by atoms with van der Waals surface area (Å²) >= 11 is 5.87. The second kappa shape index (κ2) is 8.24. The topological polar surface area (TPSA) is 42.7 Å². The van der Waals surface area contributed by atoms with Crippen LogP contribution in [0, 0.1) is 0 Å². The van der Waals surface area contributed by atoms with Crippen LogP contribution in [-0.2, 0) is 19.3 Å². The maximum Gasteiger partial charge on any atom is 0.450 e. The molecule has 0 amide bonds. The Bertz CT molecular complexity index is 1380. The van der Waals surface area contributed by atoms with E-state index < -0.39 is 22.9 Å². The normalized spacial score (nSPS) is 14.2. The first-order valence-corrected chi connectivity index (χ1v) is 10.5. The van der Waals surface area contributed by atoms with Crippen LogP contribution in [0.3, 0.4) is 0 Å².